The lowest BCUT2D eigenvalue weighted by Gasteiger charge is -2.01. The Morgan fingerprint density at radius 3 is 3.07 bits per heavy atom. The van der Waals surface area contributed by atoms with E-state index in [0.717, 1.165) is 23.0 Å². The molecule has 0 aliphatic heterocycles. The van der Waals surface area contributed by atoms with Crippen molar-refractivity contribution in [1.29, 1.82) is 0 Å². The van der Waals surface area contributed by atoms with Gasteiger partial charge >= 0.3 is 5.76 Å². The number of fused-ring (bicyclic) bond motifs is 1. The largest absolute Gasteiger partial charge is 0.417 e. The van der Waals surface area contributed by atoms with Crippen LogP contribution in [0, 0.1) is 0 Å². The van der Waals surface area contributed by atoms with Crippen LogP contribution in [0.1, 0.15) is 5.56 Å². The van der Waals surface area contributed by atoms with Crippen molar-refractivity contribution in [3.63, 3.8) is 0 Å². The molecule has 0 amide bonds. The van der Waals surface area contributed by atoms with E-state index in [1.165, 1.54) is 0 Å². The molecule has 0 atom stereocenters. The van der Waals surface area contributed by atoms with E-state index in [1.807, 2.05) is 19.2 Å². The molecule has 0 saturated carbocycles. The maximum absolute atomic E-state index is 11.0. The molecule has 0 spiro atoms. The van der Waals surface area contributed by atoms with Crippen molar-refractivity contribution in [2.75, 3.05) is 13.6 Å². The van der Waals surface area contributed by atoms with Crippen LogP contribution in [0.3, 0.4) is 0 Å². The molecular formula is C10H11BrN2O2. The third kappa shape index (κ3) is 2.13. The summed E-state index contributed by atoms with van der Waals surface area (Å²) in [6.07, 6.45) is 0.903. The lowest BCUT2D eigenvalue weighted by atomic mass is 10.1. The van der Waals surface area contributed by atoms with Gasteiger partial charge < -0.3 is 9.73 Å². The van der Waals surface area contributed by atoms with Crippen molar-refractivity contribution in [2.24, 2.45) is 0 Å². The molecule has 15 heavy (non-hydrogen) atoms. The van der Waals surface area contributed by atoms with Crippen molar-refractivity contribution in [3.05, 3.63) is 32.7 Å². The number of aromatic amines is 1. The zero-order chi connectivity index (χ0) is 10.8. The number of oxazole rings is 1. The molecule has 1 heterocycles. The Morgan fingerprint density at radius 1 is 1.53 bits per heavy atom. The smallest absolute Gasteiger partial charge is 0.408 e. The Kier molecular flexibility index (Phi) is 2.93. The van der Waals surface area contributed by atoms with E-state index in [2.05, 4.69) is 26.2 Å². The Morgan fingerprint density at radius 2 is 2.33 bits per heavy atom. The summed E-state index contributed by atoms with van der Waals surface area (Å²) in [4.78, 5) is 13.6. The second-order valence-electron chi connectivity index (χ2n) is 3.32. The van der Waals surface area contributed by atoms with Crippen molar-refractivity contribution < 1.29 is 4.42 Å². The molecular weight excluding hydrogens is 260 g/mol. The Bertz CT molecular complexity index is 530. The average Bonchev–Trinajstić information content (AvgIpc) is 2.56. The van der Waals surface area contributed by atoms with E-state index in [0.29, 0.717) is 11.1 Å². The molecule has 0 saturated heterocycles. The zero-order valence-corrected chi connectivity index (χ0v) is 9.85. The van der Waals surface area contributed by atoms with Gasteiger partial charge in [0.15, 0.2) is 5.58 Å². The minimum Gasteiger partial charge on any atom is -0.408 e. The number of nitrogens with one attached hydrogen (secondary N) is 2. The summed E-state index contributed by atoms with van der Waals surface area (Å²) in [5.74, 6) is -0.420. The molecule has 2 aromatic rings. The van der Waals surface area contributed by atoms with E-state index < -0.39 is 5.76 Å². The van der Waals surface area contributed by atoms with Crippen LogP contribution >= 0.6 is 15.9 Å². The van der Waals surface area contributed by atoms with Crippen molar-refractivity contribution in [2.45, 2.75) is 6.42 Å². The Balaban J connectivity index is 2.47. The van der Waals surface area contributed by atoms with Crippen LogP contribution in [0.15, 0.2) is 25.8 Å². The highest BCUT2D eigenvalue weighted by molar-refractivity contribution is 9.10. The third-order valence-electron chi connectivity index (χ3n) is 2.21. The Labute approximate surface area is 94.8 Å². The molecule has 2 rings (SSSR count). The number of H-pyrrole nitrogens is 1. The summed E-state index contributed by atoms with van der Waals surface area (Å²) >= 11 is 3.40. The van der Waals surface area contributed by atoms with Crippen LogP contribution in [0.25, 0.3) is 11.1 Å². The number of halogens is 1. The molecule has 1 aromatic heterocycles. The fourth-order valence-corrected chi connectivity index (χ4v) is 2.07. The summed E-state index contributed by atoms with van der Waals surface area (Å²) in [5, 5.41) is 3.07. The first-order valence-electron chi connectivity index (χ1n) is 4.66. The standard InChI is InChI=1S/C10H11BrN2O2/c1-12-3-2-6-4-7(11)9-8(5-6)15-10(14)13-9/h4-5,12H,2-3H2,1H3,(H,13,14). The summed E-state index contributed by atoms with van der Waals surface area (Å²) < 4.78 is 5.87. The van der Waals surface area contributed by atoms with Gasteiger partial charge in [0.25, 0.3) is 0 Å². The maximum Gasteiger partial charge on any atom is 0.417 e. The van der Waals surface area contributed by atoms with E-state index in [9.17, 15) is 4.79 Å². The molecule has 5 heteroatoms. The molecule has 0 aliphatic rings. The van der Waals surface area contributed by atoms with Crippen LogP contribution in [0.2, 0.25) is 0 Å². The second kappa shape index (κ2) is 4.20. The fraction of sp³-hybridized carbons (Fsp3) is 0.300. The van der Waals surface area contributed by atoms with Gasteiger partial charge in [0.1, 0.15) is 5.52 Å². The third-order valence-corrected chi connectivity index (χ3v) is 2.83. The number of benzene rings is 1. The van der Waals surface area contributed by atoms with E-state index >= 15 is 0 Å². The minimum absolute atomic E-state index is 0.420. The number of hydrogen-bond donors (Lipinski definition) is 2. The zero-order valence-electron chi connectivity index (χ0n) is 8.26. The monoisotopic (exact) mass is 270 g/mol. The molecule has 2 N–H and O–H groups in total. The van der Waals surface area contributed by atoms with Crippen LogP contribution in [-0.4, -0.2) is 18.6 Å². The highest BCUT2D eigenvalue weighted by atomic mass is 79.9. The van der Waals surface area contributed by atoms with Gasteiger partial charge in [-0.05, 0) is 53.6 Å². The van der Waals surface area contributed by atoms with Gasteiger partial charge in [-0.2, -0.15) is 0 Å². The van der Waals surface area contributed by atoms with Crippen LogP contribution in [0.5, 0.6) is 0 Å². The average molecular weight is 271 g/mol. The summed E-state index contributed by atoms with van der Waals surface area (Å²) in [7, 11) is 1.91. The highest BCUT2D eigenvalue weighted by Gasteiger charge is 2.06. The van der Waals surface area contributed by atoms with Crippen LogP contribution in [0.4, 0.5) is 0 Å². The van der Waals surface area contributed by atoms with E-state index in [-0.39, 0.29) is 0 Å². The van der Waals surface area contributed by atoms with Gasteiger partial charge in [-0.15, -0.1) is 0 Å². The normalized spacial score (nSPS) is 11.1. The lowest BCUT2D eigenvalue weighted by molar-refractivity contribution is 0.555. The van der Waals surface area contributed by atoms with Crippen LogP contribution < -0.4 is 11.1 Å². The first kappa shape index (κ1) is 10.4. The first-order chi connectivity index (χ1) is 7.20. The van der Waals surface area contributed by atoms with Gasteiger partial charge in [-0.25, -0.2) is 4.79 Å². The number of aromatic nitrogens is 1. The van der Waals surface area contributed by atoms with E-state index in [4.69, 9.17) is 4.42 Å². The quantitative estimate of drug-likeness (QED) is 0.892. The summed E-state index contributed by atoms with van der Waals surface area (Å²) in [6, 6.07) is 3.88. The first-order valence-corrected chi connectivity index (χ1v) is 5.46. The van der Waals surface area contributed by atoms with Gasteiger partial charge in [-0.1, -0.05) is 0 Å². The molecule has 80 valence electrons. The highest BCUT2D eigenvalue weighted by Crippen LogP contribution is 2.23. The molecule has 0 unspecified atom stereocenters. The van der Waals surface area contributed by atoms with Crippen LogP contribution in [-0.2, 0) is 6.42 Å². The van der Waals surface area contributed by atoms with Gasteiger partial charge in [0.2, 0.25) is 0 Å². The molecule has 4 nitrogen and oxygen atoms in total. The SMILES string of the molecule is CNCCc1cc(Br)c2[nH]c(=O)oc2c1. The van der Waals surface area contributed by atoms with E-state index in [1.54, 1.807) is 0 Å². The van der Waals surface area contributed by atoms with Crippen molar-refractivity contribution in [1.82, 2.24) is 10.3 Å². The molecule has 0 fully saturated rings. The molecule has 0 aliphatic carbocycles. The van der Waals surface area contributed by atoms with Crippen molar-refractivity contribution >= 4 is 27.0 Å². The Hall–Kier alpha value is -1.07. The predicted octanol–water partition coefficient (Wildman–Crippen LogP) is 1.65. The van der Waals surface area contributed by atoms with Gasteiger partial charge in [0.05, 0.1) is 0 Å². The molecule has 0 radical (unpaired) electrons. The topological polar surface area (TPSA) is 58.0 Å². The molecule has 0 bridgehead atoms. The lowest BCUT2D eigenvalue weighted by Crippen LogP contribution is -2.10. The molecule has 1 aromatic carbocycles. The summed E-state index contributed by atoms with van der Waals surface area (Å²) in [5.41, 5.74) is 2.44. The second-order valence-corrected chi connectivity index (χ2v) is 4.17. The predicted molar refractivity (Wildman–Crippen MR) is 62.2 cm³/mol. The minimum atomic E-state index is -0.420. The maximum atomic E-state index is 11.0. The summed E-state index contributed by atoms with van der Waals surface area (Å²) in [6.45, 7) is 0.895. The number of rotatable bonds is 3. The number of likely N-dealkylation sites (N-methyl/N-ethyl adjacent to an activating group) is 1. The number of hydrogen-bond acceptors (Lipinski definition) is 3. The van der Waals surface area contributed by atoms with Gasteiger partial charge in [0, 0.05) is 4.47 Å². The van der Waals surface area contributed by atoms with Crippen molar-refractivity contribution in [3.8, 4) is 0 Å². The van der Waals surface area contributed by atoms with Gasteiger partial charge in [-0.3, -0.25) is 4.98 Å². The fourth-order valence-electron chi connectivity index (χ4n) is 1.48.